The van der Waals surface area contributed by atoms with Gasteiger partial charge in [-0.2, -0.15) is 4.98 Å². The molecule has 0 amide bonds. The summed E-state index contributed by atoms with van der Waals surface area (Å²) in [5.74, 6) is 2.18. The monoisotopic (exact) mass is 457 g/mol. The number of likely N-dealkylation sites (tertiary alicyclic amines) is 1. The quantitative estimate of drug-likeness (QED) is 0.357. The number of hydrogen-bond donors (Lipinski definition) is 1. The van der Waals surface area contributed by atoms with Gasteiger partial charge < -0.3 is 14.4 Å². The van der Waals surface area contributed by atoms with Crippen LogP contribution in [0.1, 0.15) is 57.2 Å². The van der Waals surface area contributed by atoms with Crippen LogP contribution in [0.3, 0.4) is 0 Å². The molecule has 0 bridgehead atoms. The highest BCUT2D eigenvalue weighted by molar-refractivity contribution is 5.93. The molecule has 1 aliphatic heterocycles. The molecule has 1 saturated heterocycles. The lowest BCUT2D eigenvalue weighted by Gasteiger charge is -2.34. The number of nitrogens with one attached hydrogen (secondary N) is 1. The smallest absolute Gasteiger partial charge is 0.226 e. The summed E-state index contributed by atoms with van der Waals surface area (Å²) in [6.07, 6.45) is 7.32. The van der Waals surface area contributed by atoms with Crippen LogP contribution in [0.2, 0.25) is 0 Å². The Balaban J connectivity index is 1.32. The summed E-state index contributed by atoms with van der Waals surface area (Å²) in [6.45, 7) is 11.2. The maximum Gasteiger partial charge on any atom is 0.226 e. The van der Waals surface area contributed by atoms with Crippen molar-refractivity contribution >= 4 is 10.9 Å². The van der Waals surface area contributed by atoms with Crippen LogP contribution in [-0.4, -0.2) is 44.1 Å². The summed E-state index contributed by atoms with van der Waals surface area (Å²) in [5.41, 5.74) is 6.78. The maximum absolute atomic E-state index is 5.64. The lowest BCUT2D eigenvalue weighted by Crippen LogP contribution is -2.38. The Morgan fingerprint density at radius 2 is 1.94 bits per heavy atom. The van der Waals surface area contributed by atoms with E-state index in [9.17, 15) is 0 Å². The van der Waals surface area contributed by atoms with Crippen LogP contribution in [-0.2, 0) is 12.8 Å². The lowest BCUT2D eigenvalue weighted by molar-refractivity contribution is 0.144. The Labute approximate surface area is 201 Å². The standard InChI is InChI=1S/C28H35N5O/c1-5-23-24-17-22(7-8-25(24)30-27(23)21-10-13-29-19(4)16-21)28-31-26(34-32-28)9-6-20-11-14-33(15-12-20)18(2)3/h7-8,10,13,16-18,20,30H,5-6,9,11-12,14-15H2,1-4H3. The van der Waals surface area contributed by atoms with E-state index >= 15 is 0 Å². The molecule has 0 saturated carbocycles. The highest BCUT2D eigenvalue weighted by atomic mass is 16.5. The maximum atomic E-state index is 5.64. The van der Waals surface area contributed by atoms with E-state index in [1.165, 1.54) is 42.4 Å². The van der Waals surface area contributed by atoms with Gasteiger partial charge in [0.1, 0.15) is 0 Å². The van der Waals surface area contributed by atoms with E-state index in [0.29, 0.717) is 11.9 Å². The first-order valence-corrected chi connectivity index (χ1v) is 12.7. The number of benzene rings is 1. The number of pyridine rings is 1. The van der Waals surface area contributed by atoms with Crippen LogP contribution in [0, 0.1) is 12.8 Å². The predicted molar refractivity (Wildman–Crippen MR) is 137 cm³/mol. The molecular formula is C28H35N5O. The molecule has 0 aliphatic carbocycles. The minimum Gasteiger partial charge on any atom is -0.354 e. The van der Waals surface area contributed by atoms with Gasteiger partial charge in [0.2, 0.25) is 11.7 Å². The molecule has 0 radical (unpaired) electrons. The number of aromatic amines is 1. The Kier molecular flexibility index (Phi) is 6.50. The third-order valence-electron chi connectivity index (χ3n) is 7.32. The molecule has 0 atom stereocenters. The molecule has 3 aromatic heterocycles. The molecule has 4 heterocycles. The Bertz CT molecular complexity index is 1260. The number of hydrogen-bond acceptors (Lipinski definition) is 5. The number of nitrogens with zero attached hydrogens (tertiary/aromatic N) is 4. The van der Waals surface area contributed by atoms with Crippen LogP contribution in [0.4, 0.5) is 0 Å². The van der Waals surface area contributed by atoms with E-state index in [1.54, 1.807) is 0 Å². The van der Waals surface area contributed by atoms with Crippen molar-refractivity contribution in [3.8, 4) is 22.6 Å². The van der Waals surface area contributed by atoms with Crippen molar-refractivity contribution < 1.29 is 4.52 Å². The lowest BCUT2D eigenvalue weighted by atomic mass is 9.91. The van der Waals surface area contributed by atoms with Crippen molar-refractivity contribution in [1.82, 2.24) is 25.0 Å². The van der Waals surface area contributed by atoms with Gasteiger partial charge in [0.05, 0.1) is 0 Å². The number of aryl methyl sites for hydroxylation is 3. The average molecular weight is 458 g/mol. The Morgan fingerprint density at radius 3 is 2.68 bits per heavy atom. The second kappa shape index (κ2) is 9.71. The van der Waals surface area contributed by atoms with Gasteiger partial charge in [-0.25, -0.2) is 0 Å². The van der Waals surface area contributed by atoms with Gasteiger partial charge in [0.25, 0.3) is 0 Å². The molecule has 1 aliphatic rings. The summed E-state index contributed by atoms with van der Waals surface area (Å²) in [4.78, 5) is 15.3. The molecule has 6 nitrogen and oxygen atoms in total. The van der Waals surface area contributed by atoms with Gasteiger partial charge >= 0.3 is 0 Å². The molecule has 1 N–H and O–H groups in total. The van der Waals surface area contributed by atoms with Crippen molar-refractivity contribution in [2.75, 3.05) is 13.1 Å². The van der Waals surface area contributed by atoms with Crippen molar-refractivity contribution in [1.29, 1.82) is 0 Å². The number of aromatic nitrogens is 4. The Morgan fingerprint density at radius 1 is 1.12 bits per heavy atom. The summed E-state index contributed by atoms with van der Waals surface area (Å²) in [6, 6.07) is 11.2. The van der Waals surface area contributed by atoms with Crippen molar-refractivity contribution in [2.24, 2.45) is 5.92 Å². The van der Waals surface area contributed by atoms with Crippen molar-refractivity contribution in [3.05, 3.63) is 53.7 Å². The van der Waals surface area contributed by atoms with Gasteiger partial charge in [-0.3, -0.25) is 4.98 Å². The molecule has 5 rings (SSSR count). The SMILES string of the molecule is CCc1c(-c2ccnc(C)c2)[nH]c2ccc(-c3noc(CCC4CCN(C(C)C)CC4)n3)cc12. The molecule has 34 heavy (non-hydrogen) atoms. The zero-order chi connectivity index (χ0) is 23.7. The van der Waals surface area contributed by atoms with Crippen LogP contribution in [0.15, 0.2) is 41.1 Å². The zero-order valence-electron chi connectivity index (χ0n) is 20.8. The fourth-order valence-electron chi connectivity index (χ4n) is 5.26. The molecule has 0 spiro atoms. The van der Waals surface area contributed by atoms with E-state index in [0.717, 1.165) is 53.5 Å². The molecule has 0 unspecified atom stereocenters. The van der Waals surface area contributed by atoms with E-state index < -0.39 is 0 Å². The minimum absolute atomic E-state index is 0.648. The molecule has 178 valence electrons. The van der Waals surface area contributed by atoms with E-state index in [-0.39, 0.29) is 0 Å². The largest absolute Gasteiger partial charge is 0.354 e. The molecular weight excluding hydrogens is 422 g/mol. The summed E-state index contributed by atoms with van der Waals surface area (Å²) < 4.78 is 5.64. The first-order valence-electron chi connectivity index (χ1n) is 12.7. The second-order valence-electron chi connectivity index (χ2n) is 9.90. The molecule has 1 fully saturated rings. The van der Waals surface area contributed by atoms with Crippen LogP contribution in [0.25, 0.3) is 33.5 Å². The minimum atomic E-state index is 0.648. The third-order valence-corrected chi connectivity index (χ3v) is 7.32. The van der Waals surface area contributed by atoms with Gasteiger partial charge in [0.15, 0.2) is 0 Å². The van der Waals surface area contributed by atoms with Gasteiger partial charge in [-0.15, -0.1) is 0 Å². The van der Waals surface area contributed by atoms with Crippen LogP contribution in [0.5, 0.6) is 0 Å². The second-order valence-corrected chi connectivity index (χ2v) is 9.90. The highest BCUT2D eigenvalue weighted by Gasteiger charge is 2.22. The molecule has 6 heteroatoms. The topological polar surface area (TPSA) is 70.8 Å². The summed E-state index contributed by atoms with van der Waals surface area (Å²) in [7, 11) is 0. The predicted octanol–water partition coefficient (Wildman–Crippen LogP) is 6.20. The van der Waals surface area contributed by atoms with E-state index in [2.05, 4.69) is 71.1 Å². The van der Waals surface area contributed by atoms with Crippen molar-refractivity contribution in [2.45, 2.75) is 65.8 Å². The third kappa shape index (κ3) is 4.64. The highest BCUT2D eigenvalue weighted by Crippen LogP contribution is 2.33. The van der Waals surface area contributed by atoms with Gasteiger partial charge in [0, 0.05) is 52.1 Å². The van der Waals surface area contributed by atoms with Crippen LogP contribution >= 0.6 is 0 Å². The van der Waals surface area contributed by atoms with E-state index in [1.807, 2.05) is 13.1 Å². The molecule has 1 aromatic carbocycles. The number of piperidine rings is 1. The first-order chi connectivity index (χ1) is 16.5. The Hall–Kier alpha value is -2.99. The van der Waals surface area contributed by atoms with E-state index in [4.69, 9.17) is 9.51 Å². The first kappa shape index (κ1) is 22.8. The number of fused-ring (bicyclic) bond motifs is 1. The summed E-state index contributed by atoms with van der Waals surface area (Å²) in [5, 5.41) is 5.53. The number of H-pyrrole nitrogens is 1. The van der Waals surface area contributed by atoms with Crippen molar-refractivity contribution in [3.63, 3.8) is 0 Å². The zero-order valence-corrected chi connectivity index (χ0v) is 20.8. The van der Waals surface area contributed by atoms with Crippen LogP contribution < -0.4 is 0 Å². The van der Waals surface area contributed by atoms with Gasteiger partial charge in [-0.1, -0.05) is 12.1 Å². The number of rotatable bonds is 7. The normalized spacial score (nSPS) is 15.6. The fourth-order valence-corrected chi connectivity index (χ4v) is 5.26. The molecule has 4 aromatic rings. The van der Waals surface area contributed by atoms with Gasteiger partial charge in [-0.05, 0) is 101 Å². The summed E-state index contributed by atoms with van der Waals surface area (Å²) >= 11 is 0. The fraction of sp³-hybridized carbons (Fsp3) is 0.464. The average Bonchev–Trinajstić information content (AvgIpc) is 3.47.